The predicted octanol–water partition coefficient (Wildman–Crippen LogP) is 3.85. The maximum Gasteiger partial charge on any atom is 0.284 e. The predicted molar refractivity (Wildman–Crippen MR) is 100 cm³/mol. The molecule has 0 radical (unpaired) electrons. The highest BCUT2D eigenvalue weighted by molar-refractivity contribution is 9.10. The molecule has 1 aliphatic heterocycles. The molecule has 0 spiro atoms. The Labute approximate surface area is 158 Å². The summed E-state index contributed by atoms with van der Waals surface area (Å²) in [6.45, 7) is 1.55. The fourth-order valence-electron chi connectivity index (χ4n) is 2.83. The summed E-state index contributed by atoms with van der Waals surface area (Å²) >= 11 is 3.11. The largest absolute Gasteiger partial charge is 0.339 e. The van der Waals surface area contributed by atoms with E-state index in [2.05, 4.69) is 21.2 Å². The van der Waals surface area contributed by atoms with Crippen LogP contribution in [0.3, 0.4) is 0 Å². The Hall–Kier alpha value is -2.74. The quantitative estimate of drug-likeness (QED) is 0.603. The first-order chi connectivity index (χ1) is 12.5. The molecular formula is C18H16BrN3O4. The number of nitrogens with one attached hydrogen (secondary N) is 1. The smallest absolute Gasteiger partial charge is 0.284 e. The van der Waals surface area contributed by atoms with Gasteiger partial charge in [0.25, 0.3) is 17.5 Å². The van der Waals surface area contributed by atoms with Crippen molar-refractivity contribution in [3.8, 4) is 0 Å². The summed E-state index contributed by atoms with van der Waals surface area (Å²) in [5, 5.41) is 13.7. The molecule has 1 saturated heterocycles. The number of hydrogen-bond acceptors (Lipinski definition) is 4. The van der Waals surface area contributed by atoms with Crippen LogP contribution in [0, 0.1) is 10.1 Å². The van der Waals surface area contributed by atoms with Crippen molar-refractivity contribution >= 4 is 39.1 Å². The Morgan fingerprint density at radius 3 is 2.35 bits per heavy atom. The zero-order valence-electron chi connectivity index (χ0n) is 13.8. The van der Waals surface area contributed by atoms with E-state index in [4.69, 9.17) is 0 Å². The van der Waals surface area contributed by atoms with Crippen molar-refractivity contribution in [2.24, 2.45) is 0 Å². The molecule has 8 heteroatoms. The Bertz CT molecular complexity index is 861. The topological polar surface area (TPSA) is 92.6 Å². The van der Waals surface area contributed by atoms with Gasteiger partial charge >= 0.3 is 0 Å². The van der Waals surface area contributed by atoms with E-state index < -0.39 is 10.8 Å². The van der Waals surface area contributed by atoms with Crippen LogP contribution in [0.5, 0.6) is 0 Å². The van der Waals surface area contributed by atoms with Crippen LogP contribution in [0.1, 0.15) is 33.6 Å². The number of halogens is 1. The standard InChI is InChI=1S/C18H16BrN3O4/c19-16-14(4-3-5-15(16)22(25)26)17(23)20-13-8-6-12(7-9-13)18(24)21-10-1-2-11-21/h3-9H,1-2,10-11H2,(H,20,23). The van der Waals surface area contributed by atoms with E-state index in [0.29, 0.717) is 11.3 Å². The molecule has 26 heavy (non-hydrogen) atoms. The summed E-state index contributed by atoms with van der Waals surface area (Å²) in [7, 11) is 0. The van der Waals surface area contributed by atoms with Crippen LogP contribution >= 0.6 is 15.9 Å². The Morgan fingerprint density at radius 2 is 1.73 bits per heavy atom. The molecule has 1 N–H and O–H groups in total. The second-order valence-corrected chi connectivity index (χ2v) is 6.72. The first-order valence-corrected chi connectivity index (χ1v) is 8.90. The molecule has 1 aliphatic rings. The Morgan fingerprint density at radius 1 is 1.08 bits per heavy atom. The fraction of sp³-hybridized carbons (Fsp3) is 0.222. The first kappa shape index (κ1) is 18.1. The van der Waals surface area contributed by atoms with Gasteiger partial charge in [-0.1, -0.05) is 6.07 Å². The van der Waals surface area contributed by atoms with Crippen molar-refractivity contribution in [2.75, 3.05) is 18.4 Å². The van der Waals surface area contributed by atoms with Crippen LogP contribution in [0.2, 0.25) is 0 Å². The minimum Gasteiger partial charge on any atom is -0.339 e. The van der Waals surface area contributed by atoms with Crippen LogP contribution in [-0.4, -0.2) is 34.7 Å². The average Bonchev–Trinajstić information content (AvgIpc) is 3.16. The van der Waals surface area contributed by atoms with Crippen LogP contribution in [-0.2, 0) is 0 Å². The maximum absolute atomic E-state index is 12.4. The summed E-state index contributed by atoms with van der Waals surface area (Å²) in [5.74, 6) is -0.485. The van der Waals surface area contributed by atoms with Gasteiger partial charge in [-0.2, -0.15) is 0 Å². The second kappa shape index (κ2) is 7.65. The van der Waals surface area contributed by atoms with Gasteiger partial charge in [0, 0.05) is 30.4 Å². The second-order valence-electron chi connectivity index (χ2n) is 5.93. The summed E-state index contributed by atoms with van der Waals surface area (Å²) in [6, 6.07) is 10.9. The van der Waals surface area contributed by atoms with Gasteiger partial charge in [0.2, 0.25) is 0 Å². The molecule has 3 rings (SSSR count). The number of carbonyl (C=O) groups excluding carboxylic acids is 2. The number of anilines is 1. The van der Waals surface area contributed by atoms with Gasteiger partial charge in [-0.25, -0.2) is 0 Å². The van der Waals surface area contributed by atoms with Crippen molar-refractivity contribution in [3.05, 3.63) is 68.2 Å². The summed E-state index contributed by atoms with van der Waals surface area (Å²) < 4.78 is 0.128. The summed E-state index contributed by atoms with van der Waals surface area (Å²) in [6.07, 6.45) is 2.05. The molecule has 1 heterocycles. The molecule has 134 valence electrons. The van der Waals surface area contributed by atoms with Crippen LogP contribution < -0.4 is 5.32 Å². The lowest BCUT2D eigenvalue weighted by Gasteiger charge is -2.15. The van der Waals surface area contributed by atoms with Gasteiger partial charge in [0.15, 0.2) is 0 Å². The van der Waals surface area contributed by atoms with E-state index in [0.717, 1.165) is 25.9 Å². The average molecular weight is 418 g/mol. The number of amides is 2. The van der Waals surface area contributed by atoms with E-state index in [1.807, 2.05) is 4.90 Å². The highest BCUT2D eigenvalue weighted by atomic mass is 79.9. The minimum atomic E-state index is -0.556. The van der Waals surface area contributed by atoms with Crippen molar-refractivity contribution in [3.63, 3.8) is 0 Å². The number of likely N-dealkylation sites (tertiary alicyclic amines) is 1. The van der Waals surface area contributed by atoms with Gasteiger partial charge in [0.1, 0.15) is 4.47 Å². The number of nitro benzene ring substituents is 1. The third-order valence-corrected chi connectivity index (χ3v) is 5.04. The molecule has 2 amide bonds. The van der Waals surface area contributed by atoms with E-state index in [1.54, 1.807) is 24.3 Å². The molecule has 7 nitrogen and oxygen atoms in total. The lowest BCUT2D eigenvalue weighted by Crippen LogP contribution is -2.27. The van der Waals surface area contributed by atoms with Gasteiger partial charge in [-0.15, -0.1) is 0 Å². The van der Waals surface area contributed by atoms with Gasteiger partial charge in [0.05, 0.1) is 10.5 Å². The fourth-order valence-corrected chi connectivity index (χ4v) is 3.42. The number of rotatable bonds is 4. The number of nitro groups is 1. The molecule has 2 aromatic carbocycles. The van der Waals surface area contributed by atoms with Gasteiger partial charge in [-0.05, 0) is 59.1 Å². The van der Waals surface area contributed by atoms with E-state index in [-0.39, 0.29) is 21.6 Å². The minimum absolute atomic E-state index is 0.0122. The van der Waals surface area contributed by atoms with Crippen molar-refractivity contribution in [2.45, 2.75) is 12.8 Å². The molecule has 0 unspecified atom stereocenters. The van der Waals surface area contributed by atoms with E-state index in [9.17, 15) is 19.7 Å². The molecule has 0 aliphatic carbocycles. The zero-order valence-corrected chi connectivity index (χ0v) is 15.4. The highest BCUT2D eigenvalue weighted by Crippen LogP contribution is 2.28. The van der Waals surface area contributed by atoms with Crippen molar-refractivity contribution in [1.82, 2.24) is 4.90 Å². The number of carbonyl (C=O) groups is 2. The lowest BCUT2D eigenvalue weighted by atomic mass is 10.1. The molecule has 2 aromatic rings. The maximum atomic E-state index is 12.4. The molecule has 0 atom stereocenters. The molecule has 0 bridgehead atoms. The van der Waals surface area contributed by atoms with E-state index in [1.165, 1.54) is 18.2 Å². The van der Waals surface area contributed by atoms with Crippen LogP contribution in [0.15, 0.2) is 46.9 Å². The highest BCUT2D eigenvalue weighted by Gasteiger charge is 2.21. The van der Waals surface area contributed by atoms with Gasteiger partial charge < -0.3 is 10.2 Å². The third kappa shape index (κ3) is 3.75. The van der Waals surface area contributed by atoms with Gasteiger partial charge in [-0.3, -0.25) is 19.7 Å². The summed E-state index contributed by atoms with van der Waals surface area (Å²) in [4.78, 5) is 36.9. The normalized spacial score (nSPS) is 13.5. The molecule has 1 fully saturated rings. The third-order valence-electron chi connectivity index (χ3n) is 4.20. The molecule has 0 saturated carbocycles. The SMILES string of the molecule is O=C(Nc1ccc(C(=O)N2CCCC2)cc1)c1cccc([N+](=O)[O-])c1Br. The first-order valence-electron chi connectivity index (χ1n) is 8.11. The Balaban J connectivity index is 1.73. The number of hydrogen-bond donors (Lipinski definition) is 1. The summed E-state index contributed by atoms with van der Waals surface area (Å²) in [5.41, 5.74) is 1.06. The van der Waals surface area contributed by atoms with Crippen LogP contribution in [0.25, 0.3) is 0 Å². The van der Waals surface area contributed by atoms with Crippen LogP contribution in [0.4, 0.5) is 11.4 Å². The van der Waals surface area contributed by atoms with E-state index >= 15 is 0 Å². The number of nitrogens with zero attached hydrogens (tertiary/aromatic N) is 2. The lowest BCUT2D eigenvalue weighted by molar-refractivity contribution is -0.385. The van der Waals surface area contributed by atoms with Crippen molar-refractivity contribution in [1.29, 1.82) is 0 Å². The Kier molecular flexibility index (Phi) is 5.32. The zero-order chi connectivity index (χ0) is 18.7. The number of benzene rings is 2. The molecular weight excluding hydrogens is 402 g/mol. The molecule has 0 aromatic heterocycles. The van der Waals surface area contributed by atoms with Crippen molar-refractivity contribution < 1.29 is 14.5 Å². The monoisotopic (exact) mass is 417 g/mol.